The highest BCUT2D eigenvalue weighted by Gasteiger charge is 2.35. The molecule has 2 nitrogen and oxygen atoms in total. The lowest BCUT2D eigenvalue weighted by atomic mass is 10.0. The van der Waals surface area contributed by atoms with Gasteiger partial charge in [0.25, 0.3) is 0 Å². The van der Waals surface area contributed by atoms with E-state index in [0.29, 0.717) is 0 Å². The van der Waals surface area contributed by atoms with Gasteiger partial charge in [-0.3, -0.25) is 0 Å². The Kier molecular flexibility index (Phi) is 28.8. The lowest BCUT2D eigenvalue weighted by Crippen LogP contribution is -2.42. The van der Waals surface area contributed by atoms with Crippen LogP contribution in [0.1, 0.15) is 182 Å². The predicted molar refractivity (Wildman–Crippen MR) is 161 cm³/mol. The van der Waals surface area contributed by atoms with Gasteiger partial charge in [-0.15, -0.1) is 0 Å². The van der Waals surface area contributed by atoms with Gasteiger partial charge in [-0.25, -0.2) is 0 Å². The summed E-state index contributed by atoms with van der Waals surface area (Å²) in [5, 5.41) is 0. The van der Waals surface area contributed by atoms with E-state index >= 15 is 0 Å². The van der Waals surface area contributed by atoms with Crippen LogP contribution in [0.15, 0.2) is 0 Å². The van der Waals surface area contributed by atoms with Gasteiger partial charge < -0.3 is 8.85 Å². The highest BCUT2D eigenvalue weighted by atomic mass is 28.4. The molecule has 0 aromatic carbocycles. The van der Waals surface area contributed by atoms with Crippen LogP contribution in [-0.2, 0) is 8.85 Å². The van der Waals surface area contributed by atoms with Crippen LogP contribution in [0.5, 0.6) is 0 Å². The molecule has 0 radical (unpaired) electrons. The maximum Gasteiger partial charge on any atom is 0.338 e. The minimum atomic E-state index is -1.97. The van der Waals surface area contributed by atoms with E-state index in [2.05, 4.69) is 27.7 Å². The zero-order valence-corrected chi connectivity index (χ0v) is 26.1. The van der Waals surface area contributed by atoms with E-state index in [0.717, 1.165) is 13.2 Å². The van der Waals surface area contributed by atoms with Crippen molar-refractivity contribution in [3.05, 3.63) is 0 Å². The molecule has 0 aromatic heterocycles. The molecule has 0 fully saturated rings. The standard InChI is InChI=1S/C32H68O2Si/c1-5-9-11-13-15-16-17-18-19-20-21-22-23-24-25-26-28-30-32-35(33-7-3,34-8-4)31-29-27-14-12-10-6-2/h5-32H2,1-4H3. The van der Waals surface area contributed by atoms with Gasteiger partial charge in [0.2, 0.25) is 0 Å². The summed E-state index contributed by atoms with van der Waals surface area (Å²) in [4.78, 5) is 0. The molecule has 3 heteroatoms. The molecule has 0 bridgehead atoms. The quantitative estimate of drug-likeness (QED) is 0.0703. The third kappa shape index (κ3) is 24.2. The molecule has 0 saturated heterocycles. The fraction of sp³-hybridized carbons (Fsp3) is 1.00. The second kappa shape index (κ2) is 28.7. The van der Waals surface area contributed by atoms with Crippen molar-refractivity contribution < 1.29 is 8.85 Å². The Morgan fingerprint density at radius 3 is 0.771 bits per heavy atom. The molecule has 212 valence electrons. The average Bonchev–Trinajstić information content (AvgIpc) is 2.86. The molecule has 0 heterocycles. The Morgan fingerprint density at radius 1 is 0.314 bits per heavy atom. The topological polar surface area (TPSA) is 18.5 Å². The summed E-state index contributed by atoms with van der Waals surface area (Å²) in [7, 11) is -1.97. The summed E-state index contributed by atoms with van der Waals surface area (Å²) in [5.41, 5.74) is 0. The molecule has 0 unspecified atom stereocenters. The maximum atomic E-state index is 6.35. The normalized spacial score (nSPS) is 12.0. The molecule has 0 aromatic rings. The summed E-state index contributed by atoms with van der Waals surface area (Å²) in [6.07, 6.45) is 34.0. The Labute approximate surface area is 224 Å². The molecule has 0 rings (SSSR count). The molecule has 0 atom stereocenters. The predicted octanol–water partition coefficient (Wildman–Crippen LogP) is 11.9. The minimum absolute atomic E-state index is 0.821. The van der Waals surface area contributed by atoms with Crippen molar-refractivity contribution in [3.63, 3.8) is 0 Å². The monoisotopic (exact) mass is 512 g/mol. The molecule has 0 spiro atoms. The van der Waals surface area contributed by atoms with Crippen molar-refractivity contribution in [2.45, 2.75) is 194 Å². The van der Waals surface area contributed by atoms with Gasteiger partial charge in [0.1, 0.15) is 0 Å². The molecule has 0 amide bonds. The first-order chi connectivity index (χ1) is 17.2. The summed E-state index contributed by atoms with van der Waals surface area (Å²) < 4.78 is 12.7. The van der Waals surface area contributed by atoms with Crippen LogP contribution in [0.2, 0.25) is 12.1 Å². The molecule has 0 aliphatic carbocycles. The van der Waals surface area contributed by atoms with Gasteiger partial charge in [-0.05, 0) is 25.9 Å². The molecular formula is C32H68O2Si. The fourth-order valence-corrected chi connectivity index (χ4v) is 8.99. The van der Waals surface area contributed by atoms with Gasteiger partial charge in [-0.1, -0.05) is 168 Å². The van der Waals surface area contributed by atoms with Crippen LogP contribution < -0.4 is 0 Å². The van der Waals surface area contributed by atoms with Crippen molar-refractivity contribution in [1.29, 1.82) is 0 Å². The van der Waals surface area contributed by atoms with Crippen LogP contribution in [0, 0.1) is 0 Å². The lowest BCUT2D eigenvalue weighted by molar-refractivity contribution is 0.180. The second-order valence-corrected chi connectivity index (χ2v) is 14.5. The van der Waals surface area contributed by atoms with Gasteiger partial charge in [0.05, 0.1) is 0 Å². The Hall–Kier alpha value is 0.137. The van der Waals surface area contributed by atoms with Gasteiger partial charge in [0.15, 0.2) is 0 Å². The van der Waals surface area contributed by atoms with Gasteiger partial charge >= 0.3 is 8.56 Å². The zero-order chi connectivity index (χ0) is 25.7. The lowest BCUT2D eigenvalue weighted by Gasteiger charge is -2.30. The van der Waals surface area contributed by atoms with E-state index in [4.69, 9.17) is 8.85 Å². The van der Waals surface area contributed by atoms with E-state index in [-0.39, 0.29) is 0 Å². The molecule has 0 N–H and O–H groups in total. The zero-order valence-electron chi connectivity index (χ0n) is 25.1. The fourth-order valence-electron chi connectivity index (χ4n) is 5.45. The minimum Gasteiger partial charge on any atom is -0.394 e. The van der Waals surface area contributed by atoms with Crippen LogP contribution >= 0.6 is 0 Å². The summed E-state index contributed by atoms with van der Waals surface area (Å²) in [5.74, 6) is 0. The smallest absolute Gasteiger partial charge is 0.338 e. The SMILES string of the molecule is CCCCCCCCCCCCCCCCCCCC[Si](CCCCCCCC)(OCC)OCC. The molecule has 0 saturated carbocycles. The number of unbranched alkanes of at least 4 members (excludes halogenated alkanes) is 22. The van der Waals surface area contributed by atoms with Crippen LogP contribution in [0.3, 0.4) is 0 Å². The van der Waals surface area contributed by atoms with Crippen molar-refractivity contribution in [2.75, 3.05) is 13.2 Å². The Bertz CT molecular complexity index is 382. The van der Waals surface area contributed by atoms with Gasteiger partial charge in [0, 0.05) is 13.2 Å². The molecule has 35 heavy (non-hydrogen) atoms. The summed E-state index contributed by atoms with van der Waals surface area (Å²) >= 11 is 0. The maximum absolute atomic E-state index is 6.35. The first-order valence-corrected chi connectivity index (χ1v) is 18.8. The first kappa shape index (κ1) is 35.1. The largest absolute Gasteiger partial charge is 0.394 e. The third-order valence-electron chi connectivity index (χ3n) is 7.64. The van der Waals surface area contributed by atoms with Crippen LogP contribution in [-0.4, -0.2) is 21.8 Å². The van der Waals surface area contributed by atoms with E-state index in [9.17, 15) is 0 Å². The average molecular weight is 513 g/mol. The van der Waals surface area contributed by atoms with Crippen molar-refractivity contribution in [1.82, 2.24) is 0 Å². The number of hydrogen-bond donors (Lipinski definition) is 0. The van der Waals surface area contributed by atoms with E-state index < -0.39 is 8.56 Å². The molecule has 0 aliphatic heterocycles. The van der Waals surface area contributed by atoms with Crippen LogP contribution in [0.4, 0.5) is 0 Å². The highest BCUT2D eigenvalue weighted by molar-refractivity contribution is 6.67. The molecular weight excluding hydrogens is 444 g/mol. The van der Waals surface area contributed by atoms with Gasteiger partial charge in [-0.2, -0.15) is 0 Å². The number of rotatable bonds is 30. The van der Waals surface area contributed by atoms with E-state index in [1.165, 1.54) is 166 Å². The second-order valence-electron chi connectivity index (χ2n) is 11.1. The summed E-state index contributed by atoms with van der Waals surface area (Å²) in [6.45, 7) is 10.5. The third-order valence-corrected chi connectivity index (χ3v) is 11.5. The van der Waals surface area contributed by atoms with Crippen molar-refractivity contribution >= 4 is 8.56 Å². The number of hydrogen-bond acceptors (Lipinski definition) is 2. The van der Waals surface area contributed by atoms with E-state index in [1.54, 1.807) is 0 Å². The Morgan fingerprint density at radius 2 is 0.543 bits per heavy atom. The van der Waals surface area contributed by atoms with Crippen LogP contribution in [0.25, 0.3) is 0 Å². The molecule has 0 aliphatic rings. The Balaban J connectivity index is 3.65. The summed E-state index contributed by atoms with van der Waals surface area (Å²) in [6, 6.07) is 2.42. The highest BCUT2D eigenvalue weighted by Crippen LogP contribution is 2.26. The first-order valence-electron chi connectivity index (χ1n) is 16.5. The van der Waals surface area contributed by atoms with E-state index in [1.807, 2.05) is 0 Å². The van der Waals surface area contributed by atoms with Crippen molar-refractivity contribution in [3.8, 4) is 0 Å². The van der Waals surface area contributed by atoms with Crippen molar-refractivity contribution in [2.24, 2.45) is 0 Å².